The van der Waals surface area contributed by atoms with Gasteiger partial charge in [-0.2, -0.15) is 0 Å². The summed E-state index contributed by atoms with van der Waals surface area (Å²) in [6, 6.07) is 16.0. The molecule has 0 aliphatic rings. The summed E-state index contributed by atoms with van der Waals surface area (Å²) < 4.78 is 0. The zero-order valence-corrected chi connectivity index (χ0v) is 15.0. The van der Waals surface area contributed by atoms with Crippen molar-refractivity contribution in [1.29, 1.82) is 0 Å². The second-order valence-corrected chi connectivity index (χ2v) is 6.57. The van der Waals surface area contributed by atoms with Crippen LogP contribution in [0.15, 0.2) is 54.6 Å². The average Bonchev–Trinajstić information content (AvgIpc) is 2.53. The molecule has 24 heavy (non-hydrogen) atoms. The molecule has 0 atom stereocenters. The maximum atomic E-state index is 12.5. The van der Waals surface area contributed by atoms with Crippen LogP contribution in [0.25, 0.3) is 6.08 Å². The van der Waals surface area contributed by atoms with Crippen LogP contribution in [0.3, 0.4) is 0 Å². The van der Waals surface area contributed by atoms with Gasteiger partial charge in [-0.1, -0.05) is 48.5 Å². The quantitative estimate of drug-likeness (QED) is 0.573. The van der Waals surface area contributed by atoms with Gasteiger partial charge in [0, 0.05) is 18.7 Å². The topological polar surface area (TPSA) is 23.6 Å². The lowest BCUT2D eigenvalue weighted by atomic mass is 10.0. The first-order chi connectivity index (χ1) is 11.5. The summed E-state index contributed by atoms with van der Waals surface area (Å²) in [6.45, 7) is 1.68. The minimum Gasteiger partial charge on any atom is -0.305 e. The lowest BCUT2D eigenvalue weighted by Gasteiger charge is -2.12. The minimum absolute atomic E-state index is 0.0373. The molecule has 0 saturated heterocycles. The summed E-state index contributed by atoms with van der Waals surface area (Å²) in [5, 5.41) is 0. The monoisotopic (exact) mass is 322 g/mol. The summed E-state index contributed by atoms with van der Waals surface area (Å²) in [7, 11) is 8.13. The molecule has 0 radical (unpaired) electrons. The molecule has 0 N–H and O–H groups in total. The van der Waals surface area contributed by atoms with Crippen LogP contribution in [-0.4, -0.2) is 43.8 Å². The smallest absolute Gasteiger partial charge is 0.185 e. The first-order valence-corrected chi connectivity index (χ1v) is 8.14. The number of carbonyl (C=O) groups excluding carboxylic acids is 1. The Hall–Kier alpha value is -2.23. The van der Waals surface area contributed by atoms with E-state index < -0.39 is 0 Å². The van der Waals surface area contributed by atoms with Crippen LogP contribution in [0.2, 0.25) is 0 Å². The van der Waals surface area contributed by atoms with E-state index in [2.05, 4.69) is 15.9 Å². The van der Waals surface area contributed by atoms with Crippen molar-refractivity contribution >= 4 is 11.9 Å². The summed E-state index contributed by atoms with van der Waals surface area (Å²) in [5.41, 5.74) is 4.18. The first kappa shape index (κ1) is 18.1. The van der Waals surface area contributed by atoms with Gasteiger partial charge in [0.15, 0.2) is 5.78 Å². The van der Waals surface area contributed by atoms with Gasteiger partial charge in [-0.05, 0) is 57.0 Å². The molecular weight excluding hydrogens is 296 g/mol. The molecule has 0 aliphatic carbocycles. The van der Waals surface area contributed by atoms with Crippen molar-refractivity contribution < 1.29 is 4.79 Å². The van der Waals surface area contributed by atoms with E-state index in [0.717, 1.165) is 29.8 Å². The lowest BCUT2D eigenvalue weighted by molar-refractivity contribution is 0.104. The van der Waals surface area contributed by atoms with Gasteiger partial charge < -0.3 is 9.80 Å². The maximum Gasteiger partial charge on any atom is 0.185 e. The van der Waals surface area contributed by atoms with Crippen LogP contribution in [-0.2, 0) is 13.1 Å². The van der Waals surface area contributed by atoms with Crippen molar-refractivity contribution in [2.45, 2.75) is 13.1 Å². The van der Waals surface area contributed by atoms with E-state index in [0.29, 0.717) is 0 Å². The number of allylic oxidation sites excluding steroid dienone is 1. The Bertz CT molecular complexity index is 717. The Morgan fingerprint density at radius 2 is 1.62 bits per heavy atom. The van der Waals surface area contributed by atoms with Crippen LogP contribution in [0.5, 0.6) is 0 Å². The minimum atomic E-state index is 0.0373. The van der Waals surface area contributed by atoms with Crippen molar-refractivity contribution in [3.8, 4) is 0 Å². The van der Waals surface area contributed by atoms with Gasteiger partial charge in [0.25, 0.3) is 0 Å². The molecular formula is C21H26N2O. The number of hydrogen-bond donors (Lipinski definition) is 0. The number of rotatable bonds is 7. The third kappa shape index (κ3) is 5.44. The Morgan fingerprint density at radius 1 is 0.917 bits per heavy atom. The van der Waals surface area contributed by atoms with Crippen molar-refractivity contribution in [3.05, 3.63) is 76.9 Å². The van der Waals surface area contributed by atoms with Crippen molar-refractivity contribution in [2.75, 3.05) is 28.2 Å². The fraction of sp³-hybridized carbons (Fsp3) is 0.286. The van der Waals surface area contributed by atoms with Crippen LogP contribution in [0, 0.1) is 0 Å². The van der Waals surface area contributed by atoms with Gasteiger partial charge in [-0.15, -0.1) is 0 Å². The summed E-state index contributed by atoms with van der Waals surface area (Å²) in [6.07, 6.45) is 3.59. The normalized spacial score (nSPS) is 11.6. The highest BCUT2D eigenvalue weighted by Crippen LogP contribution is 2.14. The summed E-state index contributed by atoms with van der Waals surface area (Å²) >= 11 is 0. The van der Waals surface area contributed by atoms with Crippen molar-refractivity contribution in [1.82, 2.24) is 9.80 Å². The van der Waals surface area contributed by atoms with E-state index in [-0.39, 0.29) is 5.78 Å². The Morgan fingerprint density at radius 3 is 2.33 bits per heavy atom. The van der Waals surface area contributed by atoms with Crippen LogP contribution >= 0.6 is 0 Å². The number of benzene rings is 2. The maximum absolute atomic E-state index is 12.5. The van der Waals surface area contributed by atoms with Gasteiger partial charge in [0.2, 0.25) is 0 Å². The van der Waals surface area contributed by atoms with Crippen molar-refractivity contribution in [2.24, 2.45) is 0 Å². The zero-order chi connectivity index (χ0) is 17.5. The number of ketones is 1. The van der Waals surface area contributed by atoms with Crippen LogP contribution in [0.4, 0.5) is 0 Å². The number of carbonyl (C=O) groups is 1. The molecule has 2 aromatic rings. The van der Waals surface area contributed by atoms with E-state index in [1.54, 1.807) is 6.08 Å². The third-order valence-corrected chi connectivity index (χ3v) is 3.67. The highest BCUT2D eigenvalue weighted by molar-refractivity contribution is 6.06. The Balaban J connectivity index is 2.16. The second kappa shape index (κ2) is 8.57. The van der Waals surface area contributed by atoms with Gasteiger partial charge in [-0.3, -0.25) is 4.79 Å². The van der Waals surface area contributed by atoms with E-state index in [1.165, 1.54) is 5.56 Å². The lowest BCUT2D eigenvalue weighted by Crippen LogP contribution is -2.11. The highest BCUT2D eigenvalue weighted by Gasteiger charge is 2.05. The van der Waals surface area contributed by atoms with E-state index in [1.807, 2.05) is 76.7 Å². The molecule has 0 amide bonds. The van der Waals surface area contributed by atoms with Crippen LogP contribution in [0.1, 0.15) is 27.0 Å². The second-order valence-electron chi connectivity index (χ2n) is 6.57. The van der Waals surface area contributed by atoms with Gasteiger partial charge in [0.05, 0.1) is 0 Å². The third-order valence-electron chi connectivity index (χ3n) is 3.67. The molecule has 3 heteroatoms. The summed E-state index contributed by atoms with van der Waals surface area (Å²) in [4.78, 5) is 16.7. The SMILES string of the molecule is CN(C)Cc1cccc(C(=O)C=Cc2ccccc2CN(C)C)c1. The molecule has 0 heterocycles. The molecule has 2 rings (SSSR count). The fourth-order valence-corrected chi connectivity index (χ4v) is 2.63. The van der Waals surface area contributed by atoms with Gasteiger partial charge in [-0.25, -0.2) is 0 Å². The largest absolute Gasteiger partial charge is 0.305 e. The van der Waals surface area contributed by atoms with Crippen molar-refractivity contribution in [3.63, 3.8) is 0 Å². The van der Waals surface area contributed by atoms with Gasteiger partial charge >= 0.3 is 0 Å². The molecule has 0 unspecified atom stereocenters. The zero-order valence-electron chi connectivity index (χ0n) is 15.0. The number of nitrogens with zero attached hydrogens (tertiary/aromatic N) is 2. The summed E-state index contributed by atoms with van der Waals surface area (Å²) in [5.74, 6) is 0.0373. The molecule has 0 saturated carbocycles. The van der Waals surface area contributed by atoms with E-state index >= 15 is 0 Å². The highest BCUT2D eigenvalue weighted by atomic mass is 16.1. The molecule has 0 aliphatic heterocycles. The standard InChI is InChI=1S/C21H26N2O/c1-22(2)15-17-8-7-11-19(14-17)21(24)13-12-18-9-5-6-10-20(18)16-23(3)4/h5-14H,15-16H2,1-4H3. The predicted molar refractivity (Wildman–Crippen MR) is 101 cm³/mol. The average molecular weight is 322 g/mol. The Kier molecular flexibility index (Phi) is 6.47. The molecule has 0 fully saturated rings. The molecule has 3 nitrogen and oxygen atoms in total. The fourth-order valence-electron chi connectivity index (χ4n) is 2.63. The molecule has 0 aromatic heterocycles. The molecule has 0 bridgehead atoms. The van der Waals surface area contributed by atoms with E-state index in [4.69, 9.17) is 0 Å². The molecule has 0 spiro atoms. The number of hydrogen-bond acceptors (Lipinski definition) is 3. The predicted octanol–water partition coefficient (Wildman–Crippen LogP) is 3.71. The molecule has 126 valence electrons. The van der Waals surface area contributed by atoms with Crippen LogP contribution < -0.4 is 0 Å². The Labute approximate surface area is 145 Å². The molecule has 2 aromatic carbocycles. The van der Waals surface area contributed by atoms with Gasteiger partial charge in [0.1, 0.15) is 0 Å². The van der Waals surface area contributed by atoms with E-state index in [9.17, 15) is 4.79 Å². The first-order valence-electron chi connectivity index (χ1n) is 8.14.